The Kier molecular flexibility index (Phi) is 4.22. The first kappa shape index (κ1) is 17.0. The second-order valence-corrected chi connectivity index (χ2v) is 6.16. The summed E-state index contributed by atoms with van der Waals surface area (Å²) >= 11 is 0. The van der Waals surface area contributed by atoms with E-state index in [1.165, 1.54) is 6.07 Å². The summed E-state index contributed by atoms with van der Waals surface area (Å²) in [6.45, 7) is 1.89. The van der Waals surface area contributed by atoms with E-state index in [4.69, 9.17) is 4.74 Å². The number of hydrogen-bond acceptors (Lipinski definition) is 5. The van der Waals surface area contributed by atoms with Crippen LogP contribution in [-0.2, 0) is 4.74 Å². The van der Waals surface area contributed by atoms with Crippen LogP contribution in [0.25, 0.3) is 22.3 Å². The minimum atomic E-state index is -0.620. The van der Waals surface area contributed by atoms with E-state index in [2.05, 4.69) is 0 Å². The Morgan fingerprint density at radius 1 is 1.19 bits per heavy atom. The lowest BCUT2D eigenvalue weighted by molar-refractivity contribution is -0.467. The van der Waals surface area contributed by atoms with E-state index in [1.54, 1.807) is 41.3 Å². The molecule has 0 unspecified atom stereocenters. The van der Waals surface area contributed by atoms with E-state index in [-0.39, 0.29) is 28.1 Å². The lowest BCUT2D eigenvalue weighted by Crippen LogP contribution is -2.37. The summed E-state index contributed by atoms with van der Waals surface area (Å²) in [5.41, 5.74) is 0.0655. The normalized spacial score (nSPS) is 14.3. The fraction of sp³-hybridized carbons (Fsp3) is 0.211. The summed E-state index contributed by atoms with van der Waals surface area (Å²) in [6.07, 6.45) is 0. The molecule has 8 heteroatoms. The monoisotopic (exact) mass is 366 g/mol. The molecular formula is C19H15FN4O3. The Bertz CT molecular complexity index is 1120. The fourth-order valence-electron chi connectivity index (χ4n) is 3.29. The molecule has 0 bridgehead atoms. The molecule has 0 spiro atoms. The van der Waals surface area contributed by atoms with Crippen molar-refractivity contribution in [3.8, 4) is 17.3 Å². The Morgan fingerprint density at radius 3 is 2.56 bits per heavy atom. The second kappa shape index (κ2) is 6.70. The maximum atomic E-state index is 14.6. The topological polar surface area (TPSA) is 87.2 Å². The van der Waals surface area contributed by atoms with E-state index in [0.29, 0.717) is 41.0 Å². The average molecular weight is 366 g/mol. The van der Waals surface area contributed by atoms with Crippen LogP contribution in [0, 0.1) is 27.3 Å². The van der Waals surface area contributed by atoms with Crippen LogP contribution in [0.15, 0.2) is 42.5 Å². The number of nitriles is 1. The highest BCUT2D eigenvalue weighted by Gasteiger charge is 2.26. The summed E-state index contributed by atoms with van der Waals surface area (Å²) in [4.78, 5) is 14.5. The summed E-state index contributed by atoms with van der Waals surface area (Å²) in [6, 6.07) is 12.6. The van der Waals surface area contributed by atoms with E-state index >= 15 is 0 Å². The number of nitrogens with zero attached hydrogens (tertiary/aromatic N) is 4. The first-order chi connectivity index (χ1) is 13.1. The number of fused-ring (bicyclic) bond motifs is 1. The quantitative estimate of drug-likeness (QED) is 0.650. The zero-order valence-electron chi connectivity index (χ0n) is 14.3. The van der Waals surface area contributed by atoms with Crippen LogP contribution < -0.4 is 9.33 Å². The summed E-state index contributed by atoms with van der Waals surface area (Å²) in [7, 11) is 0. The predicted molar refractivity (Wildman–Crippen MR) is 97.2 cm³/mol. The smallest absolute Gasteiger partial charge is 0.363 e. The first-order valence-corrected chi connectivity index (χ1v) is 8.42. The van der Waals surface area contributed by atoms with Gasteiger partial charge in [0.25, 0.3) is 5.52 Å². The van der Waals surface area contributed by atoms with Gasteiger partial charge in [-0.15, -0.1) is 0 Å². The molecule has 1 aromatic heterocycles. The standard InChI is InChI=1S/C19H15FN4O3/c20-14-10-16-17(11-15(14)22-6-8-27-9-7-22)24(26)19(18(12-21)23(16)25)13-4-2-1-3-5-13/h1-5,10-11H,6-9H2. The average Bonchev–Trinajstić information content (AvgIpc) is 2.71. The molecule has 2 aromatic carbocycles. The van der Waals surface area contributed by atoms with Gasteiger partial charge in [0.05, 0.1) is 29.4 Å². The van der Waals surface area contributed by atoms with Crippen molar-refractivity contribution in [1.82, 2.24) is 4.73 Å². The Balaban J connectivity index is 2.02. The van der Waals surface area contributed by atoms with Crippen LogP contribution >= 0.6 is 0 Å². The first-order valence-electron chi connectivity index (χ1n) is 8.42. The molecule has 0 amide bonds. The van der Waals surface area contributed by atoms with Gasteiger partial charge in [0.1, 0.15) is 11.2 Å². The number of hydrogen-bond donors (Lipinski definition) is 0. The number of morpholine rings is 1. The SMILES string of the molecule is N#Cc1c(-c2ccccc2)n([O-])c2cc(N3CCOCC3)c(F)cc2[n+]1=O. The number of halogens is 1. The molecule has 0 radical (unpaired) electrons. The molecule has 1 aliphatic rings. The maximum absolute atomic E-state index is 14.6. The lowest BCUT2D eigenvalue weighted by atomic mass is 10.1. The van der Waals surface area contributed by atoms with Gasteiger partial charge in [-0.3, -0.25) is 0 Å². The van der Waals surface area contributed by atoms with Gasteiger partial charge >= 0.3 is 5.69 Å². The Morgan fingerprint density at radius 2 is 1.89 bits per heavy atom. The minimum absolute atomic E-state index is 0.00532. The maximum Gasteiger partial charge on any atom is 0.363 e. The van der Waals surface area contributed by atoms with Gasteiger partial charge in [-0.25, -0.2) is 4.39 Å². The van der Waals surface area contributed by atoms with Crippen molar-refractivity contribution >= 4 is 16.7 Å². The van der Waals surface area contributed by atoms with Gasteiger partial charge in [0, 0.05) is 23.6 Å². The van der Waals surface area contributed by atoms with Crippen LogP contribution in [0.2, 0.25) is 0 Å². The third-order valence-electron chi connectivity index (χ3n) is 4.62. The Hall–Kier alpha value is -3.44. The summed E-state index contributed by atoms with van der Waals surface area (Å²) in [5.74, 6) is -0.620. The summed E-state index contributed by atoms with van der Waals surface area (Å²) in [5, 5.41) is 22.5. The van der Waals surface area contributed by atoms with Crippen molar-refractivity contribution in [2.75, 3.05) is 31.2 Å². The van der Waals surface area contributed by atoms with Crippen molar-refractivity contribution in [3.63, 3.8) is 0 Å². The lowest BCUT2D eigenvalue weighted by Gasteiger charge is -2.29. The Labute approximate surface area is 153 Å². The molecule has 0 saturated carbocycles. The molecule has 2 heterocycles. The number of anilines is 1. The zero-order valence-corrected chi connectivity index (χ0v) is 14.3. The minimum Gasteiger partial charge on any atom is -0.805 e. The number of aromatic nitrogens is 2. The van der Waals surface area contributed by atoms with Gasteiger partial charge in [0.15, 0.2) is 11.9 Å². The van der Waals surface area contributed by atoms with Crippen molar-refractivity contribution in [2.45, 2.75) is 0 Å². The largest absolute Gasteiger partial charge is 0.805 e. The van der Waals surface area contributed by atoms with Crippen molar-refractivity contribution in [2.24, 2.45) is 0 Å². The third kappa shape index (κ3) is 2.78. The third-order valence-corrected chi connectivity index (χ3v) is 4.62. The van der Waals surface area contributed by atoms with E-state index in [1.807, 2.05) is 0 Å². The van der Waals surface area contributed by atoms with Crippen LogP contribution in [0.1, 0.15) is 5.69 Å². The molecule has 136 valence electrons. The molecule has 1 saturated heterocycles. The van der Waals surface area contributed by atoms with Crippen LogP contribution in [-0.4, -0.2) is 31.0 Å². The molecule has 27 heavy (non-hydrogen) atoms. The predicted octanol–water partition coefficient (Wildman–Crippen LogP) is 2.42. The molecule has 0 aliphatic carbocycles. The highest BCUT2D eigenvalue weighted by atomic mass is 19.1. The molecule has 0 atom stereocenters. The molecule has 1 aliphatic heterocycles. The van der Waals surface area contributed by atoms with Crippen molar-refractivity contribution < 1.29 is 13.6 Å². The van der Waals surface area contributed by atoms with Gasteiger partial charge in [0.2, 0.25) is 0 Å². The highest BCUT2D eigenvalue weighted by Crippen LogP contribution is 2.29. The van der Waals surface area contributed by atoms with E-state index in [0.717, 1.165) is 6.07 Å². The van der Waals surface area contributed by atoms with Crippen molar-refractivity contribution in [3.05, 3.63) is 64.1 Å². The highest BCUT2D eigenvalue weighted by molar-refractivity contribution is 5.81. The van der Waals surface area contributed by atoms with E-state index in [9.17, 15) is 19.8 Å². The number of benzene rings is 2. The molecular weight excluding hydrogens is 351 g/mol. The molecule has 1 fully saturated rings. The molecule has 4 rings (SSSR count). The fourth-order valence-corrected chi connectivity index (χ4v) is 3.29. The zero-order chi connectivity index (χ0) is 19.0. The van der Waals surface area contributed by atoms with Gasteiger partial charge in [-0.2, -0.15) is 5.26 Å². The molecule has 0 N–H and O–H groups in total. The van der Waals surface area contributed by atoms with Crippen LogP contribution in [0.4, 0.5) is 10.1 Å². The van der Waals surface area contributed by atoms with Gasteiger partial charge < -0.3 is 19.6 Å². The number of rotatable bonds is 2. The summed E-state index contributed by atoms with van der Waals surface area (Å²) < 4.78 is 20.8. The van der Waals surface area contributed by atoms with Crippen LogP contribution in [0.5, 0.6) is 0 Å². The van der Waals surface area contributed by atoms with Crippen LogP contribution in [0.3, 0.4) is 0 Å². The second-order valence-electron chi connectivity index (χ2n) is 6.16. The van der Waals surface area contributed by atoms with Crippen molar-refractivity contribution in [1.29, 1.82) is 5.26 Å². The number of ether oxygens (including phenoxy) is 1. The van der Waals surface area contributed by atoms with Gasteiger partial charge in [-0.05, 0) is 6.07 Å². The van der Waals surface area contributed by atoms with Gasteiger partial charge in [-0.1, -0.05) is 30.3 Å². The molecule has 3 aromatic rings. The molecule has 7 nitrogen and oxygen atoms in total. The van der Waals surface area contributed by atoms with E-state index < -0.39 is 5.82 Å².